The summed E-state index contributed by atoms with van der Waals surface area (Å²) in [6.07, 6.45) is 1.77. The first-order chi connectivity index (χ1) is 9.67. The minimum Gasteiger partial charge on any atom is -0.397 e. The van der Waals surface area contributed by atoms with E-state index in [9.17, 15) is 16.8 Å². The van der Waals surface area contributed by atoms with Crippen LogP contribution in [0.15, 0.2) is 20.7 Å². The Morgan fingerprint density at radius 3 is 2.67 bits per heavy atom. The van der Waals surface area contributed by atoms with Crippen LogP contribution in [0.3, 0.4) is 0 Å². The van der Waals surface area contributed by atoms with Crippen LogP contribution in [0.2, 0.25) is 0 Å². The Hall–Kier alpha value is -1.14. The van der Waals surface area contributed by atoms with Gasteiger partial charge in [-0.15, -0.1) is 11.3 Å². The maximum absolute atomic E-state index is 12.4. The van der Waals surface area contributed by atoms with E-state index < -0.39 is 20.0 Å². The average molecular weight is 353 g/mol. The van der Waals surface area contributed by atoms with Crippen LogP contribution >= 0.6 is 11.3 Å². The van der Waals surface area contributed by atoms with Gasteiger partial charge in [-0.3, -0.25) is 4.31 Å². The van der Waals surface area contributed by atoms with Gasteiger partial charge in [-0.25, -0.2) is 22.0 Å². The van der Waals surface area contributed by atoms with Gasteiger partial charge in [-0.2, -0.15) is 0 Å². The molecule has 4 N–H and O–H groups in total. The number of primary sulfonamides is 1. The summed E-state index contributed by atoms with van der Waals surface area (Å²) >= 11 is 0.601. The van der Waals surface area contributed by atoms with Gasteiger partial charge < -0.3 is 10.5 Å². The molecular formula is C10H15N3O5S3. The molecule has 8 nitrogen and oxygen atoms in total. The number of ether oxygens (including phenoxy) is 1. The zero-order chi connectivity index (χ0) is 15.8. The number of nitrogens with two attached hydrogens (primary N) is 2. The van der Waals surface area contributed by atoms with Crippen molar-refractivity contribution in [1.82, 2.24) is 4.31 Å². The molecule has 0 radical (unpaired) electrons. The number of fused-ring (bicyclic) bond motifs is 1. The highest BCUT2D eigenvalue weighted by atomic mass is 32.3. The summed E-state index contributed by atoms with van der Waals surface area (Å²) in [6.45, 7) is 0.596. The third kappa shape index (κ3) is 3.06. The Morgan fingerprint density at radius 1 is 1.43 bits per heavy atom. The van der Waals surface area contributed by atoms with E-state index in [0.717, 1.165) is 4.31 Å². The van der Waals surface area contributed by atoms with Crippen molar-refractivity contribution in [1.29, 1.82) is 0 Å². The molecule has 0 fully saturated rings. The van der Waals surface area contributed by atoms with Crippen LogP contribution in [0.5, 0.6) is 0 Å². The molecule has 21 heavy (non-hydrogen) atoms. The molecule has 0 aliphatic carbocycles. The van der Waals surface area contributed by atoms with Gasteiger partial charge in [-0.05, 0) is 12.5 Å². The van der Waals surface area contributed by atoms with E-state index in [-0.39, 0.29) is 26.2 Å². The first-order valence-corrected chi connectivity index (χ1v) is 9.63. The number of hydrogen-bond donors (Lipinski definition) is 2. The van der Waals surface area contributed by atoms with Gasteiger partial charge in [0.05, 0.1) is 5.70 Å². The third-order valence-corrected chi connectivity index (χ3v) is 7.65. The highest BCUT2D eigenvalue weighted by Gasteiger charge is 2.34. The van der Waals surface area contributed by atoms with Crippen molar-refractivity contribution in [3.63, 3.8) is 0 Å². The van der Waals surface area contributed by atoms with Crippen LogP contribution in [-0.4, -0.2) is 41.4 Å². The van der Waals surface area contributed by atoms with Crippen molar-refractivity contribution in [2.45, 2.75) is 14.8 Å². The van der Waals surface area contributed by atoms with Gasteiger partial charge in [0, 0.05) is 32.0 Å². The quantitative estimate of drug-likeness (QED) is 0.698. The Labute approximate surface area is 127 Å². The normalized spacial score (nSPS) is 17.4. The van der Waals surface area contributed by atoms with E-state index in [0.29, 0.717) is 24.4 Å². The van der Waals surface area contributed by atoms with Gasteiger partial charge in [0.25, 0.3) is 10.0 Å². The van der Waals surface area contributed by atoms with Crippen molar-refractivity contribution < 1.29 is 21.6 Å². The molecule has 11 heteroatoms. The summed E-state index contributed by atoms with van der Waals surface area (Å²) in [5.41, 5.74) is 6.17. The van der Waals surface area contributed by atoms with Gasteiger partial charge in [0.15, 0.2) is 4.21 Å². The third-order valence-electron chi connectivity index (χ3n) is 2.82. The second-order valence-electron chi connectivity index (χ2n) is 4.36. The summed E-state index contributed by atoms with van der Waals surface area (Å²) in [6, 6.07) is 1.19. The monoisotopic (exact) mass is 353 g/mol. The molecule has 0 spiro atoms. The number of nitrogens with zero attached hydrogens (tertiary/aromatic N) is 1. The number of sulfonamides is 2. The van der Waals surface area contributed by atoms with E-state index in [2.05, 4.69) is 0 Å². The lowest BCUT2D eigenvalue weighted by molar-refractivity contribution is 0.191. The Bertz CT molecular complexity index is 779. The van der Waals surface area contributed by atoms with Gasteiger partial charge >= 0.3 is 0 Å². The van der Waals surface area contributed by atoms with Crippen molar-refractivity contribution in [3.8, 4) is 0 Å². The minimum absolute atomic E-state index is 0.107. The first-order valence-electron chi connectivity index (χ1n) is 5.83. The maximum atomic E-state index is 12.4. The van der Waals surface area contributed by atoms with Crippen molar-refractivity contribution in [3.05, 3.63) is 17.8 Å². The minimum atomic E-state index is -3.98. The van der Waals surface area contributed by atoms with Gasteiger partial charge in [0.1, 0.15) is 4.21 Å². The summed E-state index contributed by atoms with van der Waals surface area (Å²) in [7, 11) is -6.27. The molecular weight excluding hydrogens is 338 g/mol. The molecule has 0 saturated carbocycles. The summed E-state index contributed by atoms with van der Waals surface area (Å²) < 4.78 is 53.2. The molecule has 0 aromatic carbocycles. The van der Waals surface area contributed by atoms with Gasteiger partial charge in [-0.1, -0.05) is 0 Å². The Balaban J connectivity index is 2.45. The number of thiophene rings is 1. The summed E-state index contributed by atoms with van der Waals surface area (Å²) in [5.74, 6) is 0. The van der Waals surface area contributed by atoms with E-state index in [1.54, 1.807) is 0 Å². The van der Waals surface area contributed by atoms with E-state index in [1.807, 2.05) is 0 Å². The summed E-state index contributed by atoms with van der Waals surface area (Å²) in [5, 5.41) is 5.03. The largest absolute Gasteiger partial charge is 0.397 e. The molecule has 0 unspecified atom stereocenters. The number of hydrogen-bond acceptors (Lipinski definition) is 7. The maximum Gasteiger partial charge on any atom is 0.274 e. The molecule has 0 amide bonds. The molecule has 2 heterocycles. The van der Waals surface area contributed by atoms with E-state index >= 15 is 0 Å². The molecule has 1 aliphatic heterocycles. The molecule has 0 atom stereocenters. The van der Waals surface area contributed by atoms with Crippen LogP contribution in [-0.2, 0) is 24.8 Å². The fourth-order valence-corrected chi connectivity index (χ4v) is 5.90. The second kappa shape index (κ2) is 5.57. The lowest BCUT2D eigenvalue weighted by atomic mass is 10.2. The van der Waals surface area contributed by atoms with E-state index in [4.69, 9.17) is 15.6 Å². The fourth-order valence-electron chi connectivity index (χ4n) is 1.84. The van der Waals surface area contributed by atoms with Crippen LogP contribution in [0, 0.1) is 0 Å². The fraction of sp³-hybridized carbons (Fsp3) is 0.400. The van der Waals surface area contributed by atoms with Crippen LogP contribution in [0.25, 0.3) is 5.70 Å². The highest BCUT2D eigenvalue weighted by Crippen LogP contribution is 2.38. The number of rotatable bonds is 5. The Morgan fingerprint density at radius 2 is 2.10 bits per heavy atom. The lowest BCUT2D eigenvalue weighted by Crippen LogP contribution is -2.31. The SMILES string of the molecule is COCCCN1C=C(N)c2cc(S(N)(=O)=O)sc2S1(=O)=O. The molecule has 1 aromatic rings. The molecule has 1 aromatic heterocycles. The second-order valence-corrected chi connectivity index (χ2v) is 9.28. The van der Waals surface area contributed by atoms with Crippen LogP contribution in [0.1, 0.15) is 12.0 Å². The van der Waals surface area contributed by atoms with Crippen LogP contribution < -0.4 is 10.9 Å². The van der Waals surface area contributed by atoms with Gasteiger partial charge in [0.2, 0.25) is 10.0 Å². The Kier molecular flexibility index (Phi) is 4.31. The predicted molar refractivity (Wildman–Crippen MR) is 78.2 cm³/mol. The van der Waals surface area contributed by atoms with E-state index in [1.165, 1.54) is 19.4 Å². The lowest BCUT2D eigenvalue weighted by Gasteiger charge is -2.24. The zero-order valence-corrected chi connectivity index (χ0v) is 13.6. The van der Waals surface area contributed by atoms with Crippen molar-refractivity contribution in [2.75, 3.05) is 20.3 Å². The number of methoxy groups -OCH3 is 1. The molecule has 0 bridgehead atoms. The van der Waals surface area contributed by atoms with Crippen LogP contribution in [0.4, 0.5) is 0 Å². The predicted octanol–water partition coefficient (Wildman–Crippen LogP) is -0.307. The van der Waals surface area contributed by atoms with Crippen molar-refractivity contribution in [2.24, 2.45) is 10.9 Å². The smallest absolute Gasteiger partial charge is 0.274 e. The molecule has 118 valence electrons. The average Bonchev–Trinajstić information content (AvgIpc) is 2.82. The standard InChI is InChI=1S/C10H15N3O5S3/c1-18-4-2-3-13-6-8(11)7-5-9(20(12,14)15)19-10(7)21(13,16)17/h5-6H,2-4,11H2,1H3,(H2,12,14,15). The zero-order valence-electron chi connectivity index (χ0n) is 11.1. The molecule has 2 rings (SSSR count). The first kappa shape index (κ1) is 16.2. The van der Waals surface area contributed by atoms with Crippen molar-refractivity contribution >= 4 is 37.1 Å². The highest BCUT2D eigenvalue weighted by molar-refractivity contribution is 7.94. The topological polar surface area (TPSA) is 133 Å². The molecule has 1 aliphatic rings. The molecule has 0 saturated heterocycles. The summed E-state index contributed by atoms with van der Waals surface area (Å²) in [4.78, 5) is 0.